The summed E-state index contributed by atoms with van der Waals surface area (Å²) >= 11 is 1.28. The van der Waals surface area contributed by atoms with Crippen LogP contribution in [0.3, 0.4) is 0 Å². The smallest absolute Gasteiger partial charge is 0.224 e. The number of thiophene rings is 1. The van der Waals surface area contributed by atoms with E-state index >= 15 is 0 Å². The van der Waals surface area contributed by atoms with Gasteiger partial charge < -0.3 is 0 Å². The van der Waals surface area contributed by atoms with Gasteiger partial charge in [-0.2, -0.15) is 0 Å². The third-order valence-electron chi connectivity index (χ3n) is 1.72. The summed E-state index contributed by atoms with van der Waals surface area (Å²) in [5, 5.41) is 1.77. The third-order valence-corrected chi connectivity index (χ3v) is 2.59. The Bertz CT molecular complexity index is 453. The maximum Gasteiger partial charge on any atom is 0.224 e. The second-order valence-electron chi connectivity index (χ2n) is 2.64. The van der Waals surface area contributed by atoms with Crippen LogP contribution in [0.2, 0.25) is 0 Å². The molecule has 0 fully saturated rings. The fraction of sp³-hybridized carbons (Fsp3) is 0. The molecule has 2 rings (SSSR count). The molecule has 0 amide bonds. The van der Waals surface area contributed by atoms with Crippen molar-refractivity contribution in [1.29, 1.82) is 0 Å². The molecule has 0 saturated heterocycles. The quantitative estimate of drug-likeness (QED) is 0.708. The van der Waals surface area contributed by atoms with Crippen molar-refractivity contribution in [3.63, 3.8) is 0 Å². The lowest BCUT2D eigenvalue weighted by Gasteiger charge is -1.97. The van der Waals surface area contributed by atoms with Crippen molar-refractivity contribution in [3.8, 4) is 0 Å². The molecule has 0 aliphatic rings. The summed E-state index contributed by atoms with van der Waals surface area (Å²) in [6, 6.07) is 6.09. The minimum absolute atomic E-state index is 0.116. The number of carbonyl (C=O) groups excluding carboxylic acids is 1. The first kappa shape index (κ1) is 9.02. The molecule has 0 aromatic carbocycles. The van der Waals surface area contributed by atoms with Crippen LogP contribution in [0.15, 0.2) is 35.8 Å². The molecule has 0 unspecified atom stereocenters. The number of carbonyl (C=O) groups is 1. The van der Waals surface area contributed by atoms with Crippen LogP contribution in [0.4, 0.5) is 4.39 Å². The molecule has 0 bridgehead atoms. The number of hydrogen-bond donors (Lipinski definition) is 0. The average Bonchev–Trinajstić information content (AvgIpc) is 2.70. The Kier molecular flexibility index (Phi) is 2.37. The molecule has 2 aromatic rings. The van der Waals surface area contributed by atoms with Crippen molar-refractivity contribution in [2.24, 2.45) is 0 Å². The highest BCUT2D eigenvalue weighted by atomic mass is 32.1. The van der Waals surface area contributed by atoms with E-state index in [2.05, 4.69) is 4.98 Å². The summed E-state index contributed by atoms with van der Waals surface area (Å²) in [6.07, 6.45) is 1.41. The molecule has 0 saturated carbocycles. The molecule has 2 heterocycles. The van der Waals surface area contributed by atoms with Gasteiger partial charge in [-0.1, -0.05) is 6.07 Å². The maximum absolute atomic E-state index is 13.2. The van der Waals surface area contributed by atoms with E-state index in [0.717, 1.165) is 0 Å². The number of aromatic nitrogens is 1. The van der Waals surface area contributed by atoms with Gasteiger partial charge in [0.25, 0.3) is 0 Å². The van der Waals surface area contributed by atoms with Gasteiger partial charge in [-0.05, 0) is 23.6 Å². The van der Waals surface area contributed by atoms with E-state index < -0.39 is 5.82 Å². The van der Waals surface area contributed by atoms with Crippen LogP contribution in [0.5, 0.6) is 0 Å². The number of hydrogen-bond acceptors (Lipinski definition) is 3. The van der Waals surface area contributed by atoms with Crippen LogP contribution >= 0.6 is 11.3 Å². The second kappa shape index (κ2) is 3.67. The average molecular weight is 207 g/mol. The first-order valence-electron chi connectivity index (χ1n) is 3.98. The van der Waals surface area contributed by atoms with Gasteiger partial charge in [-0.15, -0.1) is 11.3 Å². The Labute approximate surface area is 84.0 Å². The van der Waals surface area contributed by atoms with E-state index in [0.29, 0.717) is 4.88 Å². The van der Waals surface area contributed by atoms with Crippen molar-refractivity contribution < 1.29 is 9.18 Å². The van der Waals surface area contributed by atoms with Gasteiger partial charge in [-0.25, -0.2) is 9.37 Å². The van der Waals surface area contributed by atoms with E-state index in [9.17, 15) is 9.18 Å². The normalized spacial score (nSPS) is 10.1. The number of pyridine rings is 1. The molecule has 2 nitrogen and oxygen atoms in total. The van der Waals surface area contributed by atoms with Gasteiger partial charge in [0, 0.05) is 6.20 Å². The van der Waals surface area contributed by atoms with Gasteiger partial charge in [0.15, 0.2) is 5.82 Å². The third kappa shape index (κ3) is 1.56. The molecule has 0 spiro atoms. The van der Waals surface area contributed by atoms with Crippen LogP contribution < -0.4 is 0 Å². The van der Waals surface area contributed by atoms with Crippen molar-refractivity contribution in [2.75, 3.05) is 0 Å². The van der Waals surface area contributed by atoms with E-state index in [1.807, 2.05) is 0 Å². The molecule has 14 heavy (non-hydrogen) atoms. The van der Waals surface area contributed by atoms with E-state index in [1.165, 1.54) is 29.7 Å². The molecular formula is C10H6FNOS. The summed E-state index contributed by atoms with van der Waals surface area (Å²) in [4.78, 5) is 15.9. The lowest BCUT2D eigenvalue weighted by atomic mass is 10.2. The molecule has 0 aliphatic carbocycles. The summed E-state index contributed by atoms with van der Waals surface area (Å²) in [5.74, 6) is -0.941. The van der Waals surface area contributed by atoms with E-state index in [4.69, 9.17) is 0 Å². The Hall–Kier alpha value is -1.55. The maximum atomic E-state index is 13.2. The number of nitrogens with zero attached hydrogens (tertiary/aromatic N) is 1. The Balaban J connectivity index is 2.42. The Morgan fingerprint density at radius 3 is 2.86 bits per heavy atom. The van der Waals surface area contributed by atoms with Crippen molar-refractivity contribution >= 4 is 17.1 Å². The highest BCUT2D eigenvalue weighted by Crippen LogP contribution is 2.15. The number of halogens is 1. The lowest BCUT2D eigenvalue weighted by molar-refractivity contribution is 0.103. The first-order chi connectivity index (χ1) is 6.79. The summed E-state index contributed by atoms with van der Waals surface area (Å²) < 4.78 is 13.2. The summed E-state index contributed by atoms with van der Waals surface area (Å²) in [6.45, 7) is 0. The van der Waals surface area contributed by atoms with Crippen molar-refractivity contribution in [3.05, 3.63) is 52.2 Å². The molecule has 0 atom stereocenters. The standard InChI is InChI=1S/C10H6FNOS/c11-7-3-1-5-12-9(7)10(13)8-4-2-6-14-8/h1-6H. The van der Waals surface area contributed by atoms with Gasteiger partial charge in [0.05, 0.1) is 4.88 Å². The van der Waals surface area contributed by atoms with Crippen LogP contribution in [0, 0.1) is 5.82 Å². The zero-order valence-corrected chi connectivity index (χ0v) is 7.92. The molecule has 0 N–H and O–H groups in total. The summed E-state index contributed by atoms with van der Waals surface area (Å²) in [7, 11) is 0. The Morgan fingerprint density at radius 2 is 2.21 bits per heavy atom. The van der Waals surface area contributed by atoms with E-state index in [-0.39, 0.29) is 11.5 Å². The highest BCUT2D eigenvalue weighted by molar-refractivity contribution is 7.12. The first-order valence-corrected chi connectivity index (χ1v) is 4.86. The summed E-state index contributed by atoms with van der Waals surface area (Å²) in [5.41, 5.74) is -0.116. The Morgan fingerprint density at radius 1 is 1.36 bits per heavy atom. The predicted molar refractivity (Wildman–Crippen MR) is 51.9 cm³/mol. The SMILES string of the molecule is O=C(c1cccs1)c1ncccc1F. The largest absolute Gasteiger partial charge is 0.286 e. The second-order valence-corrected chi connectivity index (χ2v) is 3.59. The van der Waals surface area contributed by atoms with Crippen molar-refractivity contribution in [1.82, 2.24) is 4.98 Å². The minimum atomic E-state index is -0.578. The molecule has 4 heteroatoms. The van der Waals surface area contributed by atoms with Gasteiger partial charge in [0.1, 0.15) is 5.69 Å². The van der Waals surface area contributed by atoms with Gasteiger partial charge >= 0.3 is 0 Å². The van der Waals surface area contributed by atoms with Crippen LogP contribution in [0.25, 0.3) is 0 Å². The zero-order chi connectivity index (χ0) is 9.97. The highest BCUT2D eigenvalue weighted by Gasteiger charge is 2.15. The van der Waals surface area contributed by atoms with Crippen LogP contribution in [0.1, 0.15) is 15.4 Å². The lowest BCUT2D eigenvalue weighted by Crippen LogP contribution is -2.04. The van der Waals surface area contributed by atoms with E-state index in [1.54, 1.807) is 17.5 Å². The molecule has 0 aliphatic heterocycles. The van der Waals surface area contributed by atoms with Gasteiger partial charge in [-0.3, -0.25) is 4.79 Å². The fourth-order valence-electron chi connectivity index (χ4n) is 1.08. The van der Waals surface area contributed by atoms with Crippen LogP contribution in [-0.2, 0) is 0 Å². The zero-order valence-electron chi connectivity index (χ0n) is 7.11. The van der Waals surface area contributed by atoms with Crippen LogP contribution in [-0.4, -0.2) is 10.8 Å². The molecule has 2 aromatic heterocycles. The number of ketones is 1. The molecule has 70 valence electrons. The molecule has 0 radical (unpaired) electrons. The predicted octanol–water partition coefficient (Wildman–Crippen LogP) is 2.51. The number of rotatable bonds is 2. The fourth-order valence-corrected chi connectivity index (χ4v) is 1.74. The van der Waals surface area contributed by atoms with Gasteiger partial charge in [0.2, 0.25) is 5.78 Å². The minimum Gasteiger partial charge on any atom is -0.286 e. The topological polar surface area (TPSA) is 30.0 Å². The monoisotopic (exact) mass is 207 g/mol. The van der Waals surface area contributed by atoms with Crippen molar-refractivity contribution in [2.45, 2.75) is 0 Å². The molecular weight excluding hydrogens is 201 g/mol.